The van der Waals surface area contributed by atoms with Gasteiger partial charge >= 0.3 is 0 Å². The smallest absolute Gasteiger partial charge is 0.278 e. The van der Waals surface area contributed by atoms with Gasteiger partial charge in [0.2, 0.25) is 0 Å². The number of H-pyrrole nitrogens is 1. The minimum atomic E-state index is -0.343. The third-order valence-electron chi connectivity index (χ3n) is 2.87. The summed E-state index contributed by atoms with van der Waals surface area (Å²) in [6, 6.07) is 1.82. The Morgan fingerprint density at radius 1 is 1.55 bits per heavy atom. The van der Waals surface area contributed by atoms with Crippen molar-refractivity contribution in [2.45, 2.75) is 26.7 Å². The molecule has 0 saturated carbocycles. The van der Waals surface area contributed by atoms with Gasteiger partial charge in [-0.15, -0.1) is 0 Å². The van der Waals surface area contributed by atoms with E-state index >= 15 is 0 Å². The van der Waals surface area contributed by atoms with Crippen LogP contribution in [0.15, 0.2) is 16.9 Å². The number of nitrogens with zero attached hydrogens (tertiary/aromatic N) is 2. The molecule has 4 N–H and O–H groups in total. The van der Waals surface area contributed by atoms with E-state index in [1.807, 2.05) is 19.9 Å². The number of hydrogen-bond acceptors (Lipinski definition) is 4. The van der Waals surface area contributed by atoms with Gasteiger partial charge in [-0.25, -0.2) is 4.98 Å². The molecule has 0 radical (unpaired) electrons. The Kier molecular flexibility index (Phi) is 4.39. The van der Waals surface area contributed by atoms with Crippen molar-refractivity contribution in [2.24, 2.45) is 0 Å². The third kappa shape index (κ3) is 2.98. The summed E-state index contributed by atoms with van der Waals surface area (Å²) < 4.78 is 0.750. The minimum absolute atomic E-state index is 0.217. The number of nitrogens with one attached hydrogen (secondary N) is 2. The topological polar surface area (TPSA) is 96.7 Å². The number of amides is 1. The number of hydrogen-bond donors (Lipinski definition) is 3. The lowest BCUT2D eigenvalue weighted by atomic mass is 10.2. The van der Waals surface area contributed by atoms with E-state index in [1.54, 1.807) is 6.20 Å². The van der Waals surface area contributed by atoms with Gasteiger partial charge in [-0.05, 0) is 40.9 Å². The van der Waals surface area contributed by atoms with Gasteiger partial charge in [0.15, 0.2) is 5.69 Å². The van der Waals surface area contributed by atoms with Crippen molar-refractivity contribution < 1.29 is 4.79 Å². The fraction of sp³-hybridized carbons (Fsp3) is 0.308. The van der Waals surface area contributed by atoms with Gasteiger partial charge in [-0.3, -0.25) is 9.89 Å². The van der Waals surface area contributed by atoms with Gasteiger partial charge in [0.05, 0.1) is 23.3 Å². The number of aryl methyl sites for hydroxylation is 2. The maximum absolute atomic E-state index is 12.1. The zero-order chi connectivity index (χ0) is 14.7. The lowest BCUT2D eigenvalue weighted by Crippen LogP contribution is -2.14. The SMILES string of the molecule is CCCc1[nH]nc(C(=O)Nc2cnc(Br)c(C)c2)c1N. The normalized spacial score (nSPS) is 10.6. The van der Waals surface area contributed by atoms with Gasteiger partial charge in [0.1, 0.15) is 4.60 Å². The molecular weight excluding hydrogens is 322 g/mol. The first-order valence-corrected chi connectivity index (χ1v) is 7.08. The largest absolute Gasteiger partial charge is 0.395 e. The van der Waals surface area contributed by atoms with Crippen molar-refractivity contribution in [1.82, 2.24) is 15.2 Å². The molecule has 0 spiro atoms. The zero-order valence-corrected chi connectivity index (χ0v) is 12.9. The Balaban J connectivity index is 2.17. The highest BCUT2D eigenvalue weighted by Gasteiger charge is 2.17. The Bertz CT molecular complexity index is 638. The summed E-state index contributed by atoms with van der Waals surface area (Å²) >= 11 is 3.31. The summed E-state index contributed by atoms with van der Waals surface area (Å²) in [6.45, 7) is 3.94. The second-order valence-electron chi connectivity index (χ2n) is 4.50. The first kappa shape index (κ1) is 14.5. The average molecular weight is 338 g/mol. The maximum atomic E-state index is 12.1. The van der Waals surface area contributed by atoms with E-state index in [1.165, 1.54) is 0 Å². The molecule has 2 heterocycles. The van der Waals surface area contributed by atoms with Gasteiger partial charge in [0.25, 0.3) is 5.91 Å². The molecular formula is C13H16BrN5O. The molecule has 106 valence electrons. The molecule has 0 bridgehead atoms. The molecule has 2 aromatic heterocycles. The third-order valence-corrected chi connectivity index (χ3v) is 3.70. The second-order valence-corrected chi connectivity index (χ2v) is 5.25. The van der Waals surface area contributed by atoms with Crippen LogP contribution in [0, 0.1) is 6.92 Å². The average Bonchev–Trinajstić information content (AvgIpc) is 2.76. The lowest BCUT2D eigenvalue weighted by Gasteiger charge is -2.05. The molecule has 2 aromatic rings. The summed E-state index contributed by atoms with van der Waals surface area (Å²) in [5.41, 5.74) is 8.88. The lowest BCUT2D eigenvalue weighted by molar-refractivity contribution is 0.102. The highest BCUT2D eigenvalue weighted by atomic mass is 79.9. The molecule has 0 fully saturated rings. The van der Waals surface area contributed by atoms with E-state index < -0.39 is 0 Å². The van der Waals surface area contributed by atoms with Crippen LogP contribution in [0.1, 0.15) is 35.1 Å². The molecule has 20 heavy (non-hydrogen) atoms. The molecule has 1 amide bonds. The predicted octanol–water partition coefficient (Wildman–Crippen LogP) is 2.66. The summed E-state index contributed by atoms with van der Waals surface area (Å²) in [5.74, 6) is -0.343. The molecule has 0 aliphatic rings. The van der Waals surface area contributed by atoms with Crippen LogP contribution in [0.5, 0.6) is 0 Å². The van der Waals surface area contributed by atoms with E-state index in [-0.39, 0.29) is 11.6 Å². The van der Waals surface area contributed by atoms with E-state index in [0.717, 1.165) is 28.7 Å². The van der Waals surface area contributed by atoms with Crippen molar-refractivity contribution in [1.29, 1.82) is 0 Å². The Hall–Kier alpha value is -1.89. The minimum Gasteiger partial charge on any atom is -0.395 e. The van der Waals surface area contributed by atoms with Crippen LogP contribution >= 0.6 is 15.9 Å². The monoisotopic (exact) mass is 337 g/mol. The van der Waals surface area contributed by atoms with E-state index in [2.05, 4.69) is 36.4 Å². The summed E-state index contributed by atoms with van der Waals surface area (Å²) in [5, 5.41) is 9.52. The zero-order valence-electron chi connectivity index (χ0n) is 11.3. The number of aromatic nitrogens is 3. The van der Waals surface area contributed by atoms with Crippen LogP contribution in [-0.4, -0.2) is 21.1 Å². The quantitative estimate of drug-likeness (QED) is 0.747. The molecule has 0 unspecified atom stereocenters. The predicted molar refractivity (Wildman–Crippen MR) is 81.6 cm³/mol. The number of carbonyl (C=O) groups excluding carboxylic acids is 1. The van der Waals surface area contributed by atoms with E-state index in [9.17, 15) is 4.79 Å². The van der Waals surface area contributed by atoms with Crippen LogP contribution in [0.2, 0.25) is 0 Å². The second kappa shape index (κ2) is 6.04. The number of halogens is 1. The van der Waals surface area contributed by atoms with Crippen LogP contribution in [0.3, 0.4) is 0 Å². The fourth-order valence-electron chi connectivity index (χ4n) is 1.82. The Morgan fingerprint density at radius 3 is 2.95 bits per heavy atom. The summed E-state index contributed by atoms with van der Waals surface area (Å²) in [4.78, 5) is 16.3. The molecule has 0 saturated heterocycles. The van der Waals surface area contributed by atoms with Gasteiger partial charge in [-0.2, -0.15) is 5.10 Å². The molecule has 0 atom stereocenters. The number of rotatable bonds is 4. The number of carbonyl (C=O) groups is 1. The highest BCUT2D eigenvalue weighted by Crippen LogP contribution is 2.19. The number of anilines is 2. The van der Waals surface area contributed by atoms with Gasteiger partial charge in [0, 0.05) is 0 Å². The van der Waals surface area contributed by atoms with E-state index in [0.29, 0.717) is 11.4 Å². The fourth-order valence-corrected chi connectivity index (χ4v) is 2.03. The first-order chi connectivity index (χ1) is 9.52. The molecule has 6 nitrogen and oxygen atoms in total. The number of pyridine rings is 1. The standard InChI is InChI=1S/C13H16BrN5O/c1-3-4-9-10(15)11(19-18-9)13(20)17-8-5-7(2)12(14)16-6-8/h5-6H,3-4,15H2,1-2H3,(H,17,20)(H,18,19). The van der Waals surface area contributed by atoms with Crippen LogP contribution in [0.25, 0.3) is 0 Å². The summed E-state index contributed by atoms with van der Waals surface area (Å²) in [6.07, 6.45) is 3.28. The number of aromatic amines is 1. The summed E-state index contributed by atoms with van der Waals surface area (Å²) in [7, 11) is 0. The van der Waals surface area contributed by atoms with Crippen LogP contribution in [-0.2, 0) is 6.42 Å². The number of nitrogens with two attached hydrogens (primary N) is 1. The Labute approximate surface area is 125 Å². The maximum Gasteiger partial charge on any atom is 0.278 e. The molecule has 2 rings (SSSR count). The molecule has 7 heteroatoms. The van der Waals surface area contributed by atoms with Crippen molar-refractivity contribution in [3.63, 3.8) is 0 Å². The van der Waals surface area contributed by atoms with Crippen molar-refractivity contribution in [2.75, 3.05) is 11.1 Å². The van der Waals surface area contributed by atoms with E-state index in [4.69, 9.17) is 5.73 Å². The molecule has 0 aliphatic carbocycles. The first-order valence-electron chi connectivity index (χ1n) is 6.29. The molecule has 0 aliphatic heterocycles. The highest BCUT2D eigenvalue weighted by molar-refractivity contribution is 9.10. The van der Waals surface area contributed by atoms with Crippen LogP contribution < -0.4 is 11.1 Å². The van der Waals surface area contributed by atoms with Crippen molar-refractivity contribution in [3.8, 4) is 0 Å². The molecule has 0 aromatic carbocycles. The Morgan fingerprint density at radius 2 is 2.30 bits per heavy atom. The van der Waals surface area contributed by atoms with Crippen molar-refractivity contribution in [3.05, 3.63) is 33.8 Å². The van der Waals surface area contributed by atoms with Crippen LogP contribution in [0.4, 0.5) is 11.4 Å². The van der Waals surface area contributed by atoms with Gasteiger partial charge in [-0.1, -0.05) is 13.3 Å². The van der Waals surface area contributed by atoms with Gasteiger partial charge < -0.3 is 11.1 Å². The van der Waals surface area contributed by atoms with Crippen molar-refractivity contribution >= 4 is 33.2 Å². The number of nitrogen functional groups attached to an aromatic ring is 1.